The van der Waals surface area contributed by atoms with Crippen LogP contribution in [-0.4, -0.2) is 21.0 Å². The van der Waals surface area contributed by atoms with E-state index in [0.29, 0.717) is 12.1 Å². The summed E-state index contributed by atoms with van der Waals surface area (Å²) in [5, 5.41) is 0. The molecule has 3 aromatic rings. The summed E-state index contributed by atoms with van der Waals surface area (Å²) in [6.45, 7) is 6.00. The molecule has 0 unspecified atom stereocenters. The Labute approximate surface area is 141 Å². The van der Waals surface area contributed by atoms with Crippen molar-refractivity contribution >= 4 is 11.6 Å². The average Bonchev–Trinajstić information content (AvgIpc) is 2.97. The second-order valence-electron chi connectivity index (χ2n) is 6.67. The van der Waals surface area contributed by atoms with Crippen LogP contribution in [0.3, 0.4) is 0 Å². The van der Waals surface area contributed by atoms with Gasteiger partial charge in [0, 0.05) is 30.1 Å². The molecule has 0 saturated heterocycles. The molecule has 124 valence electrons. The van der Waals surface area contributed by atoms with Crippen LogP contribution in [0.1, 0.15) is 36.7 Å². The van der Waals surface area contributed by atoms with Crippen molar-refractivity contribution in [3.63, 3.8) is 0 Å². The lowest BCUT2D eigenvalue weighted by molar-refractivity contribution is 0.00696. The Bertz CT molecular complexity index is 874. The molecular weight excluding hydrogens is 302 g/mol. The maximum Gasteiger partial charge on any atom is 0.338 e. The van der Waals surface area contributed by atoms with Crippen molar-refractivity contribution in [1.29, 1.82) is 0 Å². The van der Waals surface area contributed by atoms with E-state index >= 15 is 0 Å². The predicted octanol–water partition coefficient (Wildman–Crippen LogP) is 3.42. The van der Waals surface area contributed by atoms with Crippen LogP contribution in [0, 0.1) is 0 Å². The van der Waals surface area contributed by atoms with Crippen LogP contribution in [0.4, 0.5) is 0 Å². The summed E-state index contributed by atoms with van der Waals surface area (Å²) >= 11 is 0. The van der Waals surface area contributed by atoms with Gasteiger partial charge in [0.05, 0.1) is 11.3 Å². The summed E-state index contributed by atoms with van der Waals surface area (Å²) in [6.07, 6.45) is 3.90. The van der Waals surface area contributed by atoms with Crippen molar-refractivity contribution in [1.82, 2.24) is 9.38 Å². The molecule has 0 saturated carbocycles. The SMILES string of the molecule is CC(C)(C)OC(=O)c1ccc(-c2cn3cccc(CN)c3n2)cc1. The van der Waals surface area contributed by atoms with E-state index in [1.807, 2.05) is 61.8 Å². The van der Waals surface area contributed by atoms with E-state index < -0.39 is 5.60 Å². The Morgan fingerprint density at radius 2 is 1.92 bits per heavy atom. The number of ether oxygens (including phenoxy) is 1. The van der Waals surface area contributed by atoms with E-state index in [2.05, 4.69) is 4.98 Å². The van der Waals surface area contributed by atoms with Crippen molar-refractivity contribution < 1.29 is 9.53 Å². The minimum absolute atomic E-state index is 0.325. The Morgan fingerprint density at radius 3 is 2.54 bits per heavy atom. The number of nitrogens with zero attached hydrogens (tertiary/aromatic N) is 2. The molecule has 0 aliphatic carbocycles. The molecule has 0 aliphatic rings. The van der Waals surface area contributed by atoms with E-state index in [-0.39, 0.29) is 5.97 Å². The molecule has 2 N–H and O–H groups in total. The highest BCUT2D eigenvalue weighted by molar-refractivity contribution is 5.90. The largest absolute Gasteiger partial charge is 0.456 e. The van der Waals surface area contributed by atoms with Gasteiger partial charge in [-0.15, -0.1) is 0 Å². The van der Waals surface area contributed by atoms with E-state index in [1.54, 1.807) is 12.1 Å². The monoisotopic (exact) mass is 323 g/mol. The number of aromatic nitrogens is 2. The van der Waals surface area contributed by atoms with E-state index in [4.69, 9.17) is 10.5 Å². The molecule has 2 heterocycles. The zero-order valence-corrected chi connectivity index (χ0v) is 14.1. The maximum absolute atomic E-state index is 12.1. The number of hydrogen-bond donors (Lipinski definition) is 1. The summed E-state index contributed by atoms with van der Waals surface area (Å²) in [6, 6.07) is 11.2. The van der Waals surface area contributed by atoms with Gasteiger partial charge in [0.25, 0.3) is 0 Å². The average molecular weight is 323 g/mol. The first-order valence-electron chi connectivity index (χ1n) is 7.88. The van der Waals surface area contributed by atoms with Crippen molar-refractivity contribution in [3.05, 3.63) is 59.9 Å². The standard InChI is InChI=1S/C19H21N3O2/c1-19(2,3)24-18(23)14-8-6-13(7-9-14)16-12-22-10-4-5-15(11-20)17(22)21-16/h4-10,12H,11,20H2,1-3H3. The molecule has 0 aliphatic heterocycles. The van der Waals surface area contributed by atoms with Gasteiger partial charge in [-0.3, -0.25) is 0 Å². The van der Waals surface area contributed by atoms with Crippen LogP contribution in [0.15, 0.2) is 48.8 Å². The highest BCUT2D eigenvalue weighted by Gasteiger charge is 2.18. The van der Waals surface area contributed by atoms with Gasteiger partial charge in [0.2, 0.25) is 0 Å². The van der Waals surface area contributed by atoms with E-state index in [1.165, 1.54) is 0 Å². The van der Waals surface area contributed by atoms with Gasteiger partial charge >= 0.3 is 5.97 Å². The fourth-order valence-electron chi connectivity index (χ4n) is 2.48. The number of esters is 1. The number of carbonyl (C=O) groups excluding carboxylic acids is 1. The van der Waals surface area contributed by atoms with Crippen molar-refractivity contribution in [3.8, 4) is 11.3 Å². The molecule has 24 heavy (non-hydrogen) atoms. The summed E-state index contributed by atoms with van der Waals surface area (Å²) in [5.74, 6) is -0.325. The first kappa shape index (κ1) is 16.2. The van der Waals surface area contributed by atoms with Crippen LogP contribution in [-0.2, 0) is 11.3 Å². The number of carbonyl (C=O) groups is 1. The van der Waals surface area contributed by atoms with Gasteiger partial charge < -0.3 is 14.9 Å². The van der Waals surface area contributed by atoms with Crippen LogP contribution in [0.5, 0.6) is 0 Å². The Morgan fingerprint density at radius 1 is 1.21 bits per heavy atom. The predicted molar refractivity (Wildman–Crippen MR) is 93.7 cm³/mol. The molecule has 3 rings (SSSR count). The van der Waals surface area contributed by atoms with Gasteiger partial charge in [0.15, 0.2) is 0 Å². The Kier molecular flexibility index (Phi) is 4.11. The fraction of sp³-hybridized carbons (Fsp3) is 0.263. The number of imidazole rings is 1. The lowest BCUT2D eigenvalue weighted by Gasteiger charge is -2.19. The lowest BCUT2D eigenvalue weighted by Crippen LogP contribution is -2.23. The normalized spacial score (nSPS) is 11.7. The number of fused-ring (bicyclic) bond motifs is 1. The highest BCUT2D eigenvalue weighted by Crippen LogP contribution is 2.22. The van der Waals surface area contributed by atoms with Crippen LogP contribution < -0.4 is 5.73 Å². The first-order chi connectivity index (χ1) is 11.4. The van der Waals surface area contributed by atoms with E-state index in [9.17, 15) is 4.79 Å². The molecule has 5 nitrogen and oxygen atoms in total. The quantitative estimate of drug-likeness (QED) is 0.750. The van der Waals surface area contributed by atoms with Crippen molar-refractivity contribution in [2.75, 3.05) is 0 Å². The van der Waals surface area contributed by atoms with Crippen molar-refractivity contribution in [2.24, 2.45) is 5.73 Å². The third-order valence-electron chi connectivity index (χ3n) is 3.60. The third kappa shape index (κ3) is 3.31. The van der Waals surface area contributed by atoms with E-state index in [0.717, 1.165) is 22.5 Å². The summed E-state index contributed by atoms with van der Waals surface area (Å²) in [5.41, 5.74) is 9.41. The third-order valence-corrected chi connectivity index (χ3v) is 3.60. The molecule has 0 bridgehead atoms. The molecule has 0 spiro atoms. The van der Waals surface area contributed by atoms with Gasteiger partial charge in [-0.05, 0) is 39.0 Å². The Hall–Kier alpha value is -2.66. The number of nitrogens with two attached hydrogens (primary N) is 1. The van der Waals surface area contributed by atoms with Crippen LogP contribution in [0.25, 0.3) is 16.9 Å². The summed E-state index contributed by atoms with van der Waals surface area (Å²) in [4.78, 5) is 16.7. The summed E-state index contributed by atoms with van der Waals surface area (Å²) < 4.78 is 7.33. The number of benzene rings is 1. The molecule has 2 aromatic heterocycles. The molecule has 0 radical (unpaired) electrons. The number of hydrogen-bond acceptors (Lipinski definition) is 4. The maximum atomic E-state index is 12.1. The first-order valence-corrected chi connectivity index (χ1v) is 7.88. The number of pyridine rings is 1. The summed E-state index contributed by atoms with van der Waals surface area (Å²) in [7, 11) is 0. The second kappa shape index (κ2) is 6.09. The Balaban J connectivity index is 1.90. The molecule has 0 atom stereocenters. The fourth-order valence-corrected chi connectivity index (χ4v) is 2.48. The zero-order chi connectivity index (χ0) is 17.3. The van der Waals surface area contributed by atoms with Crippen LogP contribution in [0.2, 0.25) is 0 Å². The number of rotatable bonds is 3. The van der Waals surface area contributed by atoms with Gasteiger partial charge in [-0.2, -0.15) is 0 Å². The molecule has 0 amide bonds. The van der Waals surface area contributed by atoms with Gasteiger partial charge in [-0.25, -0.2) is 9.78 Å². The smallest absolute Gasteiger partial charge is 0.338 e. The van der Waals surface area contributed by atoms with Gasteiger partial charge in [0.1, 0.15) is 11.2 Å². The topological polar surface area (TPSA) is 69.6 Å². The lowest BCUT2D eigenvalue weighted by atomic mass is 10.1. The molecule has 1 aromatic carbocycles. The van der Waals surface area contributed by atoms with Crippen molar-refractivity contribution in [2.45, 2.75) is 32.9 Å². The molecular formula is C19H21N3O2. The minimum atomic E-state index is -0.504. The molecule has 5 heteroatoms. The zero-order valence-electron chi connectivity index (χ0n) is 14.1. The second-order valence-corrected chi connectivity index (χ2v) is 6.67. The highest BCUT2D eigenvalue weighted by atomic mass is 16.6. The van der Waals surface area contributed by atoms with Gasteiger partial charge in [-0.1, -0.05) is 18.2 Å². The minimum Gasteiger partial charge on any atom is -0.456 e. The van der Waals surface area contributed by atoms with Crippen LogP contribution >= 0.6 is 0 Å². The molecule has 0 fully saturated rings.